The highest BCUT2D eigenvalue weighted by atomic mass is 16.1. The highest BCUT2D eigenvalue weighted by Gasteiger charge is 2.07. The zero-order chi connectivity index (χ0) is 15.4. The second kappa shape index (κ2) is 6.22. The molecule has 0 unspecified atom stereocenters. The first-order valence-electron chi connectivity index (χ1n) is 7.12. The van der Waals surface area contributed by atoms with Crippen molar-refractivity contribution in [3.8, 4) is 0 Å². The van der Waals surface area contributed by atoms with Crippen molar-refractivity contribution in [3.63, 3.8) is 0 Å². The van der Waals surface area contributed by atoms with E-state index in [0.717, 1.165) is 27.7 Å². The number of amides is 1. The molecule has 3 heteroatoms. The maximum Gasteiger partial charge on any atom is 0.248 e. The van der Waals surface area contributed by atoms with Crippen LogP contribution in [0.15, 0.2) is 66.9 Å². The molecule has 2 aromatic carbocycles. The maximum absolute atomic E-state index is 12.2. The molecule has 3 rings (SSSR count). The SMILES string of the molecule is Cc1ccc2cccnc2c1NC(=O)/C=C/c1ccccc1. The average molecular weight is 288 g/mol. The van der Waals surface area contributed by atoms with Gasteiger partial charge in [0.2, 0.25) is 5.91 Å². The first-order valence-corrected chi connectivity index (χ1v) is 7.12. The van der Waals surface area contributed by atoms with E-state index < -0.39 is 0 Å². The average Bonchev–Trinajstić information content (AvgIpc) is 2.56. The number of carbonyl (C=O) groups excluding carboxylic acids is 1. The van der Waals surface area contributed by atoms with Gasteiger partial charge >= 0.3 is 0 Å². The Morgan fingerprint density at radius 2 is 1.86 bits per heavy atom. The van der Waals surface area contributed by atoms with Crippen LogP contribution in [0.25, 0.3) is 17.0 Å². The van der Waals surface area contributed by atoms with Gasteiger partial charge in [0.1, 0.15) is 0 Å². The topological polar surface area (TPSA) is 42.0 Å². The first-order chi connectivity index (χ1) is 10.7. The van der Waals surface area contributed by atoms with Crippen LogP contribution in [0.1, 0.15) is 11.1 Å². The number of hydrogen-bond donors (Lipinski definition) is 1. The lowest BCUT2D eigenvalue weighted by Crippen LogP contribution is -2.09. The summed E-state index contributed by atoms with van der Waals surface area (Å²) in [5, 5.41) is 3.94. The Kier molecular flexibility index (Phi) is 3.97. The third-order valence-electron chi connectivity index (χ3n) is 3.46. The van der Waals surface area contributed by atoms with Crippen molar-refractivity contribution in [3.05, 3.63) is 78.0 Å². The fraction of sp³-hybridized carbons (Fsp3) is 0.0526. The van der Waals surface area contributed by atoms with Gasteiger partial charge in [-0.3, -0.25) is 9.78 Å². The highest BCUT2D eigenvalue weighted by molar-refractivity contribution is 6.07. The van der Waals surface area contributed by atoms with Gasteiger partial charge in [0, 0.05) is 17.7 Å². The van der Waals surface area contributed by atoms with Crippen molar-refractivity contribution in [1.29, 1.82) is 0 Å². The van der Waals surface area contributed by atoms with Crippen LogP contribution < -0.4 is 5.32 Å². The molecule has 3 nitrogen and oxygen atoms in total. The van der Waals surface area contributed by atoms with Gasteiger partial charge in [-0.15, -0.1) is 0 Å². The van der Waals surface area contributed by atoms with Crippen LogP contribution in [0.4, 0.5) is 5.69 Å². The van der Waals surface area contributed by atoms with Crippen LogP contribution in [0.5, 0.6) is 0 Å². The fourth-order valence-electron chi connectivity index (χ4n) is 2.30. The monoisotopic (exact) mass is 288 g/mol. The lowest BCUT2D eigenvalue weighted by atomic mass is 10.1. The molecule has 108 valence electrons. The molecule has 22 heavy (non-hydrogen) atoms. The normalized spacial score (nSPS) is 11.0. The summed E-state index contributed by atoms with van der Waals surface area (Å²) >= 11 is 0. The number of nitrogens with one attached hydrogen (secondary N) is 1. The van der Waals surface area contributed by atoms with Gasteiger partial charge in [-0.1, -0.05) is 48.5 Å². The van der Waals surface area contributed by atoms with Gasteiger partial charge in [0.05, 0.1) is 11.2 Å². The Morgan fingerprint density at radius 3 is 2.68 bits per heavy atom. The van der Waals surface area contributed by atoms with Crippen molar-refractivity contribution in [2.24, 2.45) is 0 Å². The number of carbonyl (C=O) groups is 1. The Bertz CT molecular complexity index is 838. The van der Waals surface area contributed by atoms with Crippen LogP contribution >= 0.6 is 0 Å². The molecule has 1 N–H and O–H groups in total. The van der Waals surface area contributed by atoms with Gasteiger partial charge in [-0.25, -0.2) is 0 Å². The van der Waals surface area contributed by atoms with Crippen molar-refractivity contribution >= 4 is 28.6 Å². The molecule has 0 saturated carbocycles. The molecular formula is C19H16N2O. The number of rotatable bonds is 3. The van der Waals surface area contributed by atoms with Crippen LogP contribution in [0, 0.1) is 6.92 Å². The summed E-state index contributed by atoms with van der Waals surface area (Å²) in [5.74, 6) is -0.162. The predicted octanol–water partition coefficient (Wildman–Crippen LogP) is 4.20. The van der Waals surface area contributed by atoms with Gasteiger partial charge < -0.3 is 5.32 Å². The zero-order valence-electron chi connectivity index (χ0n) is 12.3. The molecule has 0 atom stereocenters. The number of anilines is 1. The van der Waals surface area contributed by atoms with Crippen molar-refractivity contribution in [2.75, 3.05) is 5.32 Å². The van der Waals surface area contributed by atoms with Crippen LogP contribution in [0.2, 0.25) is 0 Å². The number of fused-ring (bicyclic) bond motifs is 1. The smallest absolute Gasteiger partial charge is 0.248 e. The minimum atomic E-state index is -0.162. The Balaban J connectivity index is 1.85. The van der Waals surface area contributed by atoms with Gasteiger partial charge in [0.15, 0.2) is 0 Å². The molecule has 1 heterocycles. The van der Waals surface area contributed by atoms with Crippen molar-refractivity contribution < 1.29 is 4.79 Å². The molecule has 1 amide bonds. The van der Waals surface area contributed by atoms with E-state index in [-0.39, 0.29) is 5.91 Å². The van der Waals surface area contributed by atoms with Crippen LogP contribution in [0.3, 0.4) is 0 Å². The minimum absolute atomic E-state index is 0.162. The standard InChI is InChI=1S/C19H16N2O/c1-14-9-11-16-8-5-13-20-19(16)18(14)21-17(22)12-10-15-6-3-2-4-7-15/h2-13H,1H3,(H,21,22)/b12-10+. The number of pyridine rings is 1. The van der Waals surface area contributed by atoms with E-state index in [1.165, 1.54) is 6.08 Å². The summed E-state index contributed by atoms with van der Waals surface area (Å²) < 4.78 is 0. The molecule has 0 radical (unpaired) electrons. The number of aryl methyl sites for hydroxylation is 1. The van der Waals surface area contributed by atoms with E-state index >= 15 is 0 Å². The second-order valence-electron chi connectivity index (χ2n) is 5.07. The van der Waals surface area contributed by atoms with E-state index in [1.54, 1.807) is 12.3 Å². The van der Waals surface area contributed by atoms with Crippen LogP contribution in [-0.2, 0) is 4.79 Å². The zero-order valence-corrected chi connectivity index (χ0v) is 12.3. The summed E-state index contributed by atoms with van der Waals surface area (Å²) in [6.07, 6.45) is 5.07. The van der Waals surface area contributed by atoms with Crippen molar-refractivity contribution in [1.82, 2.24) is 4.98 Å². The highest BCUT2D eigenvalue weighted by Crippen LogP contribution is 2.25. The molecule has 0 aliphatic carbocycles. The maximum atomic E-state index is 12.2. The molecule has 0 aliphatic heterocycles. The Labute approximate surface area is 129 Å². The van der Waals surface area contributed by atoms with E-state index in [0.29, 0.717) is 0 Å². The number of benzene rings is 2. The number of hydrogen-bond acceptors (Lipinski definition) is 2. The quantitative estimate of drug-likeness (QED) is 0.734. The Morgan fingerprint density at radius 1 is 1.05 bits per heavy atom. The molecule has 0 fully saturated rings. The number of aromatic nitrogens is 1. The summed E-state index contributed by atoms with van der Waals surface area (Å²) in [6.45, 7) is 1.96. The molecule has 0 spiro atoms. The molecule has 0 bridgehead atoms. The lowest BCUT2D eigenvalue weighted by molar-refractivity contribution is -0.111. The first kappa shape index (κ1) is 14.0. The minimum Gasteiger partial charge on any atom is -0.320 e. The fourth-order valence-corrected chi connectivity index (χ4v) is 2.30. The van der Waals surface area contributed by atoms with Crippen LogP contribution in [-0.4, -0.2) is 10.9 Å². The van der Waals surface area contributed by atoms with E-state index in [4.69, 9.17) is 0 Å². The third-order valence-corrected chi connectivity index (χ3v) is 3.46. The lowest BCUT2D eigenvalue weighted by Gasteiger charge is -2.09. The molecule has 0 aliphatic rings. The third kappa shape index (κ3) is 3.04. The molecule has 0 saturated heterocycles. The predicted molar refractivity (Wildman–Crippen MR) is 90.6 cm³/mol. The molecule has 3 aromatic rings. The molecular weight excluding hydrogens is 272 g/mol. The summed E-state index contributed by atoms with van der Waals surface area (Å²) in [6, 6.07) is 17.6. The second-order valence-corrected chi connectivity index (χ2v) is 5.07. The molecule has 1 aromatic heterocycles. The summed E-state index contributed by atoms with van der Waals surface area (Å²) in [4.78, 5) is 16.5. The number of nitrogens with zero attached hydrogens (tertiary/aromatic N) is 1. The summed E-state index contributed by atoms with van der Waals surface area (Å²) in [5.41, 5.74) is 3.56. The van der Waals surface area contributed by atoms with Gasteiger partial charge in [-0.05, 0) is 30.2 Å². The Hall–Kier alpha value is -2.94. The van der Waals surface area contributed by atoms with Gasteiger partial charge in [0.25, 0.3) is 0 Å². The van der Waals surface area contributed by atoms with Gasteiger partial charge in [-0.2, -0.15) is 0 Å². The van der Waals surface area contributed by atoms with E-state index in [1.807, 2.05) is 61.5 Å². The largest absolute Gasteiger partial charge is 0.320 e. The van der Waals surface area contributed by atoms with Crippen molar-refractivity contribution in [2.45, 2.75) is 6.92 Å². The summed E-state index contributed by atoms with van der Waals surface area (Å²) in [7, 11) is 0. The van der Waals surface area contributed by atoms with E-state index in [2.05, 4.69) is 10.3 Å². The van der Waals surface area contributed by atoms with E-state index in [9.17, 15) is 4.79 Å².